The molecule has 6 heteroatoms. The Hall–Kier alpha value is -2.60. The highest BCUT2D eigenvalue weighted by Gasteiger charge is 2.03. The molecule has 2 rings (SSSR count). The zero-order valence-corrected chi connectivity index (χ0v) is 12.8. The van der Waals surface area contributed by atoms with Crippen LogP contribution in [0.1, 0.15) is 0 Å². The lowest BCUT2D eigenvalue weighted by Gasteiger charge is -2.09. The summed E-state index contributed by atoms with van der Waals surface area (Å²) >= 11 is 0. The van der Waals surface area contributed by atoms with E-state index in [0.29, 0.717) is 18.9 Å². The maximum atomic E-state index is 12.8. The minimum absolute atomic E-state index is 0.112. The molecule has 0 unspecified atom stereocenters. The number of amides is 1. The number of carbonyl (C=O) groups is 1. The number of hydrogen-bond acceptors (Lipinski definition) is 4. The summed E-state index contributed by atoms with van der Waals surface area (Å²) in [5.41, 5.74) is 1.36. The molecule has 2 aromatic rings. The zero-order valence-electron chi connectivity index (χ0n) is 12.8. The largest absolute Gasteiger partial charge is 0.491 e. The molecule has 0 fully saturated rings. The topological polar surface area (TPSA) is 59.6 Å². The lowest BCUT2D eigenvalue weighted by molar-refractivity contribution is -0.114. The van der Waals surface area contributed by atoms with Crippen LogP contribution >= 0.6 is 0 Å². The van der Waals surface area contributed by atoms with Gasteiger partial charge in [-0.1, -0.05) is 0 Å². The summed E-state index contributed by atoms with van der Waals surface area (Å²) in [6.07, 6.45) is 0. The molecule has 0 aliphatic heterocycles. The van der Waals surface area contributed by atoms with Crippen molar-refractivity contribution in [2.24, 2.45) is 0 Å². The molecule has 0 saturated carbocycles. The van der Waals surface area contributed by atoms with E-state index in [9.17, 15) is 9.18 Å². The Morgan fingerprint density at radius 2 is 1.65 bits per heavy atom. The predicted octanol–water partition coefficient (Wildman–Crippen LogP) is 2.90. The van der Waals surface area contributed by atoms with Crippen molar-refractivity contribution in [2.45, 2.75) is 0 Å². The molecule has 2 N–H and O–H groups in total. The monoisotopic (exact) mass is 318 g/mol. The van der Waals surface area contributed by atoms with Gasteiger partial charge in [-0.2, -0.15) is 0 Å². The molecule has 0 atom stereocenters. The number of nitrogens with one attached hydrogen (secondary N) is 2. The number of methoxy groups -OCH3 is 1. The van der Waals surface area contributed by atoms with Gasteiger partial charge in [-0.25, -0.2) is 4.39 Å². The Morgan fingerprint density at radius 3 is 2.30 bits per heavy atom. The summed E-state index contributed by atoms with van der Waals surface area (Å²) in [6, 6.07) is 12.9. The summed E-state index contributed by atoms with van der Waals surface area (Å²) in [4.78, 5) is 11.8. The van der Waals surface area contributed by atoms with Crippen LogP contribution in [-0.4, -0.2) is 32.8 Å². The Bertz CT molecular complexity index is 615. The smallest absolute Gasteiger partial charge is 0.243 e. The third kappa shape index (κ3) is 5.96. The van der Waals surface area contributed by atoms with Gasteiger partial charge in [-0.05, 0) is 48.5 Å². The van der Waals surface area contributed by atoms with E-state index in [0.717, 1.165) is 11.4 Å². The van der Waals surface area contributed by atoms with Crippen LogP contribution in [0.4, 0.5) is 15.8 Å². The van der Waals surface area contributed by atoms with Gasteiger partial charge in [-0.15, -0.1) is 0 Å². The van der Waals surface area contributed by atoms with Gasteiger partial charge in [0.15, 0.2) is 0 Å². The van der Waals surface area contributed by atoms with Crippen LogP contribution < -0.4 is 15.4 Å². The Kier molecular flexibility index (Phi) is 6.38. The minimum atomic E-state index is -0.339. The van der Waals surface area contributed by atoms with Gasteiger partial charge >= 0.3 is 0 Å². The van der Waals surface area contributed by atoms with E-state index in [2.05, 4.69) is 10.6 Å². The maximum absolute atomic E-state index is 12.8. The van der Waals surface area contributed by atoms with E-state index in [1.165, 1.54) is 24.3 Å². The van der Waals surface area contributed by atoms with Crippen molar-refractivity contribution in [3.63, 3.8) is 0 Å². The number of halogens is 1. The van der Waals surface area contributed by atoms with Crippen molar-refractivity contribution in [1.82, 2.24) is 0 Å². The highest BCUT2D eigenvalue weighted by atomic mass is 19.1. The molecule has 0 aliphatic carbocycles. The molecule has 0 bridgehead atoms. The third-order valence-electron chi connectivity index (χ3n) is 2.99. The number of hydrogen-bond donors (Lipinski definition) is 2. The zero-order chi connectivity index (χ0) is 16.5. The average molecular weight is 318 g/mol. The number of ether oxygens (including phenoxy) is 2. The molecule has 122 valence electrons. The number of carbonyl (C=O) groups excluding carboxylic acids is 1. The van der Waals surface area contributed by atoms with E-state index in [-0.39, 0.29) is 18.3 Å². The molecule has 0 aliphatic rings. The normalized spacial score (nSPS) is 10.2. The van der Waals surface area contributed by atoms with Gasteiger partial charge in [0.05, 0.1) is 13.2 Å². The SMILES string of the molecule is COCCOc1ccc(NCC(=O)Nc2ccc(F)cc2)cc1. The summed E-state index contributed by atoms with van der Waals surface area (Å²) in [5.74, 6) is 0.189. The number of anilines is 2. The van der Waals surface area contributed by atoms with E-state index in [1.54, 1.807) is 7.11 Å². The summed E-state index contributed by atoms with van der Waals surface area (Å²) < 4.78 is 23.1. The van der Waals surface area contributed by atoms with Crippen molar-refractivity contribution in [3.05, 3.63) is 54.3 Å². The van der Waals surface area contributed by atoms with Crippen LogP contribution in [0.3, 0.4) is 0 Å². The maximum Gasteiger partial charge on any atom is 0.243 e. The van der Waals surface area contributed by atoms with Crippen LogP contribution in [0.25, 0.3) is 0 Å². The number of rotatable bonds is 8. The van der Waals surface area contributed by atoms with Crippen molar-refractivity contribution in [1.29, 1.82) is 0 Å². The average Bonchev–Trinajstić information content (AvgIpc) is 2.56. The first-order valence-corrected chi connectivity index (χ1v) is 7.18. The molecule has 0 heterocycles. The van der Waals surface area contributed by atoms with Gasteiger partial charge in [0.1, 0.15) is 18.2 Å². The van der Waals surface area contributed by atoms with Crippen molar-refractivity contribution >= 4 is 17.3 Å². The molecule has 2 aromatic carbocycles. The van der Waals surface area contributed by atoms with Gasteiger partial charge in [-0.3, -0.25) is 4.79 Å². The molecule has 0 aromatic heterocycles. The van der Waals surface area contributed by atoms with Gasteiger partial charge in [0.2, 0.25) is 5.91 Å². The summed E-state index contributed by atoms with van der Waals surface area (Å²) in [6.45, 7) is 1.13. The van der Waals surface area contributed by atoms with Gasteiger partial charge in [0.25, 0.3) is 0 Å². The Balaban J connectivity index is 1.76. The molecule has 23 heavy (non-hydrogen) atoms. The second kappa shape index (κ2) is 8.75. The number of benzene rings is 2. The first-order valence-electron chi connectivity index (χ1n) is 7.18. The third-order valence-corrected chi connectivity index (χ3v) is 2.99. The van der Waals surface area contributed by atoms with E-state index < -0.39 is 0 Å². The second-order valence-electron chi connectivity index (χ2n) is 4.77. The van der Waals surface area contributed by atoms with Crippen LogP contribution in [0.2, 0.25) is 0 Å². The molecule has 0 saturated heterocycles. The van der Waals surface area contributed by atoms with Crippen LogP contribution in [-0.2, 0) is 9.53 Å². The minimum Gasteiger partial charge on any atom is -0.491 e. The molecule has 5 nitrogen and oxygen atoms in total. The standard InChI is InChI=1S/C17H19FN2O3/c1-22-10-11-23-16-8-6-14(7-9-16)19-12-17(21)20-15-4-2-13(18)3-5-15/h2-9,19H,10-12H2,1H3,(H,20,21). The van der Waals surface area contributed by atoms with E-state index in [4.69, 9.17) is 9.47 Å². The lowest BCUT2D eigenvalue weighted by atomic mass is 10.3. The highest BCUT2D eigenvalue weighted by Crippen LogP contribution is 2.15. The van der Waals surface area contributed by atoms with Crippen LogP contribution in [0.15, 0.2) is 48.5 Å². The van der Waals surface area contributed by atoms with Gasteiger partial charge < -0.3 is 20.1 Å². The quantitative estimate of drug-likeness (QED) is 0.735. The van der Waals surface area contributed by atoms with Crippen molar-refractivity contribution < 1.29 is 18.7 Å². The second-order valence-corrected chi connectivity index (χ2v) is 4.77. The van der Waals surface area contributed by atoms with Crippen molar-refractivity contribution in [2.75, 3.05) is 37.5 Å². The summed E-state index contributed by atoms with van der Waals surface area (Å²) in [5, 5.41) is 5.68. The molecule has 0 radical (unpaired) electrons. The molecule has 0 spiro atoms. The highest BCUT2D eigenvalue weighted by molar-refractivity contribution is 5.93. The Morgan fingerprint density at radius 1 is 1.00 bits per heavy atom. The fourth-order valence-corrected chi connectivity index (χ4v) is 1.83. The van der Waals surface area contributed by atoms with Crippen molar-refractivity contribution in [3.8, 4) is 5.75 Å². The fraction of sp³-hybridized carbons (Fsp3) is 0.235. The van der Waals surface area contributed by atoms with Gasteiger partial charge in [0, 0.05) is 18.5 Å². The first-order chi connectivity index (χ1) is 11.2. The first kappa shape index (κ1) is 16.8. The lowest BCUT2D eigenvalue weighted by Crippen LogP contribution is -2.21. The van der Waals surface area contributed by atoms with E-state index in [1.807, 2.05) is 24.3 Å². The molecular formula is C17H19FN2O3. The van der Waals surface area contributed by atoms with E-state index >= 15 is 0 Å². The fourth-order valence-electron chi connectivity index (χ4n) is 1.83. The molecular weight excluding hydrogens is 299 g/mol. The predicted molar refractivity (Wildman–Crippen MR) is 87.3 cm³/mol. The molecule has 1 amide bonds. The Labute approximate surface area is 134 Å². The summed E-state index contributed by atoms with van der Waals surface area (Å²) in [7, 11) is 1.62. The van der Waals surface area contributed by atoms with Crippen LogP contribution in [0.5, 0.6) is 5.75 Å². The van der Waals surface area contributed by atoms with Crippen LogP contribution in [0, 0.1) is 5.82 Å².